The van der Waals surface area contributed by atoms with Crippen LogP contribution in [-0.2, 0) is 0 Å². The third-order valence-corrected chi connectivity index (χ3v) is 1.32. The van der Waals surface area contributed by atoms with Gasteiger partial charge in [0.1, 0.15) is 17.2 Å². The van der Waals surface area contributed by atoms with E-state index >= 15 is 0 Å². The maximum atomic E-state index is 12.8. The van der Waals surface area contributed by atoms with E-state index < -0.39 is 0 Å². The van der Waals surface area contributed by atoms with E-state index in [1.807, 2.05) is 20.8 Å². The van der Waals surface area contributed by atoms with Crippen LogP contribution in [0.4, 0.5) is 10.1 Å². The Morgan fingerprint density at radius 1 is 1.23 bits per heavy atom. The zero-order valence-corrected chi connectivity index (χ0v) is 8.10. The number of hydrogen-bond donors (Lipinski definition) is 1. The van der Waals surface area contributed by atoms with Crippen LogP contribution < -0.4 is 10.5 Å². The molecule has 3 heteroatoms. The summed E-state index contributed by atoms with van der Waals surface area (Å²) in [6.45, 7) is 5.69. The number of rotatable bonds is 1. The first kappa shape index (κ1) is 9.84. The zero-order chi connectivity index (χ0) is 10.1. The van der Waals surface area contributed by atoms with Crippen molar-refractivity contribution in [3.63, 3.8) is 0 Å². The van der Waals surface area contributed by atoms with Gasteiger partial charge >= 0.3 is 0 Å². The maximum absolute atomic E-state index is 12.8. The molecule has 2 nitrogen and oxygen atoms in total. The smallest absolute Gasteiger partial charge is 0.128 e. The Morgan fingerprint density at radius 2 is 1.85 bits per heavy atom. The molecule has 1 aromatic rings. The molecule has 0 fully saturated rings. The minimum absolute atomic E-state index is 0.333. The van der Waals surface area contributed by atoms with Gasteiger partial charge < -0.3 is 10.5 Å². The van der Waals surface area contributed by atoms with Gasteiger partial charge in [0.05, 0.1) is 0 Å². The molecule has 0 saturated carbocycles. The monoisotopic (exact) mass is 183 g/mol. The third kappa shape index (κ3) is 3.32. The Balaban J connectivity index is 2.90. The number of ether oxygens (including phenoxy) is 1. The molecule has 13 heavy (non-hydrogen) atoms. The lowest BCUT2D eigenvalue weighted by atomic mass is 10.2. The zero-order valence-electron chi connectivity index (χ0n) is 8.10. The van der Waals surface area contributed by atoms with E-state index in [4.69, 9.17) is 10.5 Å². The summed E-state index contributed by atoms with van der Waals surface area (Å²) in [5, 5.41) is 0. The second kappa shape index (κ2) is 3.24. The first-order chi connectivity index (χ1) is 5.87. The normalized spacial score (nSPS) is 11.4. The second-order valence-electron chi connectivity index (χ2n) is 3.93. The minimum atomic E-state index is -0.376. The van der Waals surface area contributed by atoms with Gasteiger partial charge in [0.25, 0.3) is 0 Å². The molecule has 2 N–H and O–H groups in total. The van der Waals surface area contributed by atoms with E-state index in [-0.39, 0.29) is 11.4 Å². The molecule has 0 heterocycles. The van der Waals surface area contributed by atoms with Gasteiger partial charge in [-0.2, -0.15) is 0 Å². The van der Waals surface area contributed by atoms with Crippen molar-refractivity contribution in [1.82, 2.24) is 0 Å². The molecular weight excluding hydrogens is 169 g/mol. The summed E-state index contributed by atoms with van der Waals surface area (Å²) in [5.41, 5.74) is 5.50. The number of benzene rings is 1. The van der Waals surface area contributed by atoms with Crippen LogP contribution in [0.15, 0.2) is 18.2 Å². The number of hydrogen-bond acceptors (Lipinski definition) is 2. The summed E-state index contributed by atoms with van der Waals surface area (Å²) in [4.78, 5) is 0. The van der Waals surface area contributed by atoms with Gasteiger partial charge in [-0.25, -0.2) is 4.39 Å². The molecule has 0 aliphatic rings. The van der Waals surface area contributed by atoms with Crippen molar-refractivity contribution in [1.29, 1.82) is 0 Å². The highest BCUT2D eigenvalue weighted by Crippen LogP contribution is 2.21. The Hall–Kier alpha value is -1.25. The van der Waals surface area contributed by atoms with Crippen molar-refractivity contribution in [2.24, 2.45) is 0 Å². The van der Waals surface area contributed by atoms with E-state index in [1.165, 1.54) is 12.1 Å². The summed E-state index contributed by atoms with van der Waals surface area (Å²) in [6.07, 6.45) is 0. The highest BCUT2D eigenvalue weighted by atomic mass is 19.1. The highest BCUT2D eigenvalue weighted by Gasteiger charge is 2.12. The fourth-order valence-electron chi connectivity index (χ4n) is 0.997. The van der Waals surface area contributed by atoms with Crippen LogP contribution in [0.3, 0.4) is 0 Å². The van der Waals surface area contributed by atoms with Crippen molar-refractivity contribution in [3.05, 3.63) is 24.0 Å². The maximum Gasteiger partial charge on any atom is 0.128 e. The average molecular weight is 183 g/mol. The van der Waals surface area contributed by atoms with E-state index in [0.717, 1.165) is 0 Å². The molecule has 0 saturated heterocycles. The van der Waals surface area contributed by atoms with E-state index in [9.17, 15) is 4.39 Å². The molecule has 0 aliphatic carbocycles. The molecule has 0 unspecified atom stereocenters. The van der Waals surface area contributed by atoms with Gasteiger partial charge in [-0.05, 0) is 26.8 Å². The molecule has 0 atom stereocenters. The number of nitrogen functional groups attached to an aromatic ring is 1. The predicted octanol–water partition coefficient (Wildman–Crippen LogP) is 2.59. The first-order valence-corrected chi connectivity index (χ1v) is 4.12. The Labute approximate surface area is 77.5 Å². The molecule has 0 bridgehead atoms. The van der Waals surface area contributed by atoms with Crippen LogP contribution in [0, 0.1) is 5.82 Å². The van der Waals surface area contributed by atoms with Gasteiger partial charge in [0.2, 0.25) is 0 Å². The summed E-state index contributed by atoms with van der Waals surface area (Å²) in [5.74, 6) is 0.0873. The standard InChI is InChI=1S/C10H14FNO/c1-10(2,3)13-9-5-7(11)4-8(12)6-9/h4-6H,12H2,1-3H3. The van der Waals surface area contributed by atoms with E-state index in [2.05, 4.69) is 0 Å². The quantitative estimate of drug-likeness (QED) is 0.679. The van der Waals surface area contributed by atoms with Crippen molar-refractivity contribution in [3.8, 4) is 5.75 Å². The van der Waals surface area contributed by atoms with E-state index in [0.29, 0.717) is 11.4 Å². The molecule has 0 aliphatic heterocycles. The largest absolute Gasteiger partial charge is 0.488 e. The fourth-order valence-corrected chi connectivity index (χ4v) is 0.997. The summed E-state index contributed by atoms with van der Waals surface area (Å²) < 4.78 is 18.3. The van der Waals surface area contributed by atoms with E-state index in [1.54, 1.807) is 6.07 Å². The minimum Gasteiger partial charge on any atom is -0.488 e. The average Bonchev–Trinajstić information content (AvgIpc) is 1.78. The molecule has 0 amide bonds. The Bertz CT molecular complexity index is 284. The Morgan fingerprint density at radius 3 is 2.31 bits per heavy atom. The highest BCUT2D eigenvalue weighted by molar-refractivity contribution is 5.44. The summed E-state index contributed by atoms with van der Waals surface area (Å²) >= 11 is 0. The third-order valence-electron chi connectivity index (χ3n) is 1.32. The van der Waals surface area contributed by atoms with Crippen molar-refractivity contribution >= 4 is 5.69 Å². The van der Waals surface area contributed by atoms with Gasteiger partial charge in [0, 0.05) is 17.8 Å². The lowest BCUT2D eigenvalue weighted by molar-refractivity contribution is 0.130. The predicted molar refractivity (Wildman–Crippen MR) is 51.2 cm³/mol. The van der Waals surface area contributed by atoms with Crippen LogP contribution in [0.2, 0.25) is 0 Å². The van der Waals surface area contributed by atoms with Crippen molar-refractivity contribution < 1.29 is 9.13 Å². The first-order valence-electron chi connectivity index (χ1n) is 4.12. The van der Waals surface area contributed by atoms with Gasteiger partial charge in [-0.15, -0.1) is 0 Å². The van der Waals surface area contributed by atoms with Crippen LogP contribution in [0.1, 0.15) is 20.8 Å². The van der Waals surface area contributed by atoms with Crippen LogP contribution in [-0.4, -0.2) is 5.60 Å². The molecule has 0 radical (unpaired) electrons. The van der Waals surface area contributed by atoms with Crippen molar-refractivity contribution in [2.75, 3.05) is 5.73 Å². The van der Waals surface area contributed by atoms with Crippen molar-refractivity contribution in [2.45, 2.75) is 26.4 Å². The lowest BCUT2D eigenvalue weighted by Gasteiger charge is -2.21. The van der Waals surface area contributed by atoms with Gasteiger partial charge in [-0.1, -0.05) is 0 Å². The molecule has 1 aromatic carbocycles. The number of anilines is 1. The summed E-state index contributed by atoms with van der Waals surface area (Å²) in [7, 11) is 0. The summed E-state index contributed by atoms with van der Waals surface area (Å²) in [6, 6.07) is 4.19. The SMILES string of the molecule is CC(C)(C)Oc1cc(N)cc(F)c1. The van der Waals surface area contributed by atoms with Crippen LogP contribution in [0.5, 0.6) is 5.75 Å². The number of nitrogens with two attached hydrogens (primary N) is 1. The number of halogens is 1. The molecule has 72 valence electrons. The lowest BCUT2D eigenvalue weighted by Crippen LogP contribution is -2.23. The van der Waals surface area contributed by atoms with Crippen LogP contribution in [0.25, 0.3) is 0 Å². The molecular formula is C10H14FNO. The van der Waals surface area contributed by atoms with Gasteiger partial charge in [-0.3, -0.25) is 0 Å². The molecule has 0 aromatic heterocycles. The van der Waals surface area contributed by atoms with Crippen LogP contribution >= 0.6 is 0 Å². The molecule has 0 spiro atoms. The molecule has 1 rings (SSSR count). The van der Waals surface area contributed by atoms with Gasteiger partial charge in [0.15, 0.2) is 0 Å². The Kier molecular flexibility index (Phi) is 2.45. The second-order valence-corrected chi connectivity index (χ2v) is 3.93. The fraction of sp³-hybridized carbons (Fsp3) is 0.400. The topological polar surface area (TPSA) is 35.2 Å².